The Hall–Kier alpha value is -3.26. The number of anilines is 1. The molecule has 3 rings (SSSR count). The fraction of sp³-hybridized carbons (Fsp3) is 0.190. The van der Waals surface area contributed by atoms with Crippen LogP contribution in [0.3, 0.4) is 0 Å². The van der Waals surface area contributed by atoms with Crippen LogP contribution in [0.25, 0.3) is 6.08 Å². The number of amidine groups is 1. The average Bonchev–Trinajstić information content (AvgIpc) is 3.03. The average molecular weight is 412 g/mol. The van der Waals surface area contributed by atoms with E-state index in [9.17, 15) is 9.59 Å². The summed E-state index contributed by atoms with van der Waals surface area (Å²) >= 11 is 1.24. The third-order valence-corrected chi connectivity index (χ3v) is 5.04. The number of hydrogen-bond donors (Lipinski definition) is 1. The van der Waals surface area contributed by atoms with Gasteiger partial charge < -0.3 is 14.6 Å². The number of para-hydroxylation sites is 1. The van der Waals surface area contributed by atoms with E-state index in [0.717, 1.165) is 5.56 Å². The van der Waals surface area contributed by atoms with Crippen LogP contribution in [0.2, 0.25) is 0 Å². The summed E-state index contributed by atoms with van der Waals surface area (Å²) in [6.45, 7) is 0. The van der Waals surface area contributed by atoms with Crippen LogP contribution in [-0.2, 0) is 9.59 Å². The maximum Gasteiger partial charge on any atom is 0.304 e. The fourth-order valence-corrected chi connectivity index (χ4v) is 3.67. The minimum Gasteiger partial charge on any atom is -0.493 e. The van der Waals surface area contributed by atoms with Crippen LogP contribution >= 0.6 is 11.8 Å². The van der Waals surface area contributed by atoms with Crippen molar-refractivity contribution in [1.82, 2.24) is 0 Å². The number of amides is 1. The largest absolute Gasteiger partial charge is 0.493 e. The number of carboxylic acid groups (broad SMARTS) is 1. The fourth-order valence-electron chi connectivity index (χ4n) is 2.73. The Morgan fingerprint density at radius 2 is 1.86 bits per heavy atom. The molecule has 0 saturated heterocycles. The Kier molecular flexibility index (Phi) is 6.56. The standard InChI is InChI=1S/C21H20N2O5S/c1-27-17-9-8-14(13-18(17)28-2)12-16-20(26)23(15-6-4-3-5-7-15)21(22-16)29-11-10-19(24)25/h3-9,12-13H,10-11H2,1-2H3,(H,24,25)/b16-12-. The highest BCUT2D eigenvalue weighted by Gasteiger charge is 2.31. The molecule has 2 aromatic carbocycles. The lowest BCUT2D eigenvalue weighted by Gasteiger charge is -2.17. The van der Waals surface area contributed by atoms with Crippen LogP contribution in [0, 0.1) is 0 Å². The zero-order chi connectivity index (χ0) is 20.8. The molecule has 0 unspecified atom stereocenters. The first-order chi connectivity index (χ1) is 14.0. The van der Waals surface area contributed by atoms with Gasteiger partial charge in [0.25, 0.3) is 5.91 Å². The predicted octanol–water partition coefficient (Wildman–Crippen LogP) is 3.66. The molecule has 29 heavy (non-hydrogen) atoms. The molecule has 7 nitrogen and oxygen atoms in total. The zero-order valence-corrected chi connectivity index (χ0v) is 16.8. The highest BCUT2D eigenvalue weighted by Crippen LogP contribution is 2.32. The Morgan fingerprint density at radius 1 is 1.14 bits per heavy atom. The van der Waals surface area contributed by atoms with Gasteiger partial charge in [-0.2, -0.15) is 0 Å². The van der Waals surface area contributed by atoms with Crippen molar-refractivity contribution in [2.75, 3.05) is 24.9 Å². The quantitative estimate of drug-likeness (QED) is 0.699. The second kappa shape index (κ2) is 9.29. The molecule has 8 heteroatoms. The number of carbonyl (C=O) groups is 2. The van der Waals surface area contributed by atoms with Gasteiger partial charge in [-0.15, -0.1) is 0 Å². The molecule has 0 spiro atoms. The van der Waals surface area contributed by atoms with Crippen molar-refractivity contribution in [1.29, 1.82) is 0 Å². The van der Waals surface area contributed by atoms with Gasteiger partial charge in [0.1, 0.15) is 5.70 Å². The van der Waals surface area contributed by atoms with Crippen molar-refractivity contribution in [2.45, 2.75) is 6.42 Å². The van der Waals surface area contributed by atoms with E-state index in [4.69, 9.17) is 14.6 Å². The van der Waals surface area contributed by atoms with Crippen LogP contribution < -0.4 is 14.4 Å². The highest BCUT2D eigenvalue weighted by atomic mass is 32.2. The second-order valence-electron chi connectivity index (χ2n) is 6.01. The first-order valence-corrected chi connectivity index (χ1v) is 9.78. The molecule has 1 aliphatic rings. The smallest absolute Gasteiger partial charge is 0.304 e. The van der Waals surface area contributed by atoms with Crippen molar-refractivity contribution in [3.63, 3.8) is 0 Å². The summed E-state index contributed by atoms with van der Waals surface area (Å²) in [7, 11) is 3.10. The van der Waals surface area contributed by atoms with Gasteiger partial charge in [-0.1, -0.05) is 36.0 Å². The zero-order valence-electron chi connectivity index (χ0n) is 16.0. The number of carbonyl (C=O) groups excluding carboxylic acids is 1. The number of rotatable bonds is 7. The van der Waals surface area contributed by atoms with E-state index >= 15 is 0 Å². The van der Waals surface area contributed by atoms with Crippen molar-refractivity contribution in [2.24, 2.45) is 4.99 Å². The Morgan fingerprint density at radius 3 is 2.52 bits per heavy atom. The van der Waals surface area contributed by atoms with E-state index in [-0.39, 0.29) is 18.0 Å². The summed E-state index contributed by atoms with van der Waals surface area (Å²) in [5.74, 6) is 0.284. The molecule has 0 bridgehead atoms. The monoisotopic (exact) mass is 412 g/mol. The van der Waals surface area contributed by atoms with Crippen LogP contribution in [0.15, 0.2) is 59.2 Å². The second-order valence-corrected chi connectivity index (χ2v) is 7.07. The molecule has 0 radical (unpaired) electrons. The first-order valence-electron chi connectivity index (χ1n) is 8.80. The molecule has 1 amide bonds. The van der Waals surface area contributed by atoms with E-state index in [1.807, 2.05) is 30.3 Å². The number of methoxy groups -OCH3 is 2. The van der Waals surface area contributed by atoms with E-state index in [0.29, 0.717) is 28.1 Å². The lowest BCUT2D eigenvalue weighted by Crippen LogP contribution is -2.30. The molecule has 2 aromatic rings. The number of thioether (sulfide) groups is 1. The van der Waals surface area contributed by atoms with Gasteiger partial charge in [0.15, 0.2) is 16.7 Å². The van der Waals surface area contributed by atoms with Crippen LogP contribution in [-0.4, -0.2) is 42.1 Å². The number of carboxylic acids is 1. The van der Waals surface area contributed by atoms with Gasteiger partial charge in [0, 0.05) is 5.75 Å². The molecular weight excluding hydrogens is 392 g/mol. The molecule has 0 aliphatic carbocycles. The first kappa shape index (κ1) is 20.5. The van der Waals surface area contributed by atoms with Gasteiger partial charge in [0.05, 0.1) is 26.3 Å². The number of ether oxygens (including phenoxy) is 2. The Balaban J connectivity index is 1.94. The summed E-state index contributed by atoms with van der Waals surface area (Å²) in [5, 5.41) is 9.35. The molecular formula is C21H20N2O5S. The molecule has 0 atom stereocenters. The lowest BCUT2D eigenvalue weighted by atomic mass is 10.1. The summed E-state index contributed by atoms with van der Waals surface area (Å²) in [6, 6.07) is 14.5. The normalized spacial score (nSPS) is 14.8. The third kappa shape index (κ3) is 4.78. The van der Waals surface area contributed by atoms with Crippen molar-refractivity contribution >= 4 is 40.6 Å². The van der Waals surface area contributed by atoms with Gasteiger partial charge in [-0.3, -0.25) is 14.5 Å². The maximum absolute atomic E-state index is 13.1. The maximum atomic E-state index is 13.1. The molecule has 0 saturated carbocycles. The predicted molar refractivity (Wildman–Crippen MR) is 114 cm³/mol. The lowest BCUT2D eigenvalue weighted by molar-refractivity contribution is -0.136. The summed E-state index contributed by atoms with van der Waals surface area (Å²) in [4.78, 5) is 29.9. The summed E-state index contributed by atoms with van der Waals surface area (Å²) < 4.78 is 10.5. The van der Waals surface area contributed by atoms with Gasteiger partial charge in [0.2, 0.25) is 0 Å². The van der Waals surface area contributed by atoms with Gasteiger partial charge in [-0.05, 0) is 35.9 Å². The molecule has 1 aliphatic heterocycles. The van der Waals surface area contributed by atoms with Crippen LogP contribution in [0.5, 0.6) is 11.5 Å². The molecule has 150 valence electrons. The van der Waals surface area contributed by atoms with Crippen LogP contribution in [0.4, 0.5) is 5.69 Å². The van der Waals surface area contributed by atoms with Crippen LogP contribution in [0.1, 0.15) is 12.0 Å². The number of aliphatic imine (C=N–C) groups is 1. The number of nitrogens with zero attached hydrogens (tertiary/aromatic N) is 2. The van der Waals surface area contributed by atoms with E-state index in [1.165, 1.54) is 16.7 Å². The SMILES string of the molecule is COc1ccc(/C=C2\N=C(SCCC(=O)O)N(c3ccccc3)C2=O)cc1OC. The third-order valence-electron chi connectivity index (χ3n) is 4.10. The minimum absolute atomic E-state index is 0.0186. The van der Waals surface area contributed by atoms with E-state index in [1.54, 1.807) is 38.5 Å². The number of hydrogen-bond acceptors (Lipinski definition) is 6. The molecule has 0 fully saturated rings. The van der Waals surface area contributed by atoms with E-state index < -0.39 is 5.97 Å². The van der Waals surface area contributed by atoms with Crippen molar-refractivity contribution in [3.8, 4) is 11.5 Å². The number of aliphatic carboxylic acids is 1. The molecule has 0 aromatic heterocycles. The number of benzene rings is 2. The summed E-state index contributed by atoms with van der Waals surface area (Å²) in [6.07, 6.45) is 1.65. The molecule has 1 heterocycles. The van der Waals surface area contributed by atoms with Crippen molar-refractivity contribution < 1.29 is 24.2 Å². The summed E-state index contributed by atoms with van der Waals surface area (Å²) in [5.41, 5.74) is 1.67. The van der Waals surface area contributed by atoms with Gasteiger partial charge in [-0.25, -0.2) is 4.99 Å². The molecule has 1 N–H and O–H groups in total. The highest BCUT2D eigenvalue weighted by molar-refractivity contribution is 8.14. The Bertz CT molecular complexity index is 972. The topological polar surface area (TPSA) is 88.4 Å². The minimum atomic E-state index is -0.894. The van der Waals surface area contributed by atoms with Gasteiger partial charge >= 0.3 is 5.97 Å². The Labute approximate surface area is 172 Å². The van der Waals surface area contributed by atoms with E-state index in [2.05, 4.69) is 4.99 Å². The van der Waals surface area contributed by atoms with Crippen molar-refractivity contribution in [3.05, 3.63) is 59.8 Å².